The molecule has 0 unspecified atom stereocenters. The van der Waals surface area contributed by atoms with Gasteiger partial charge in [-0.25, -0.2) is 13.4 Å². The number of hydrogen-bond acceptors (Lipinski definition) is 5. The molecule has 1 aromatic heterocycles. The van der Waals surface area contributed by atoms with Gasteiger partial charge in [0.1, 0.15) is 0 Å². The summed E-state index contributed by atoms with van der Waals surface area (Å²) in [5, 5.41) is 2.75. The highest BCUT2D eigenvalue weighted by atomic mass is 32.2. The monoisotopic (exact) mass is 454 g/mol. The summed E-state index contributed by atoms with van der Waals surface area (Å²) >= 11 is 1.64. The first-order chi connectivity index (χ1) is 14.7. The van der Waals surface area contributed by atoms with Gasteiger partial charge in [0.05, 0.1) is 15.8 Å². The molecule has 0 aliphatic carbocycles. The second-order valence-electron chi connectivity index (χ2n) is 8.77. The number of thiazole rings is 1. The number of anilines is 1. The Balaban J connectivity index is 1.49. The van der Waals surface area contributed by atoms with Crippen molar-refractivity contribution in [3.05, 3.63) is 63.5 Å². The van der Waals surface area contributed by atoms with Crippen LogP contribution in [0.5, 0.6) is 0 Å². The molecule has 164 valence electrons. The van der Waals surface area contributed by atoms with E-state index in [1.165, 1.54) is 11.1 Å². The van der Waals surface area contributed by atoms with Crippen molar-refractivity contribution < 1.29 is 8.42 Å². The quantitative estimate of drug-likeness (QED) is 0.500. The van der Waals surface area contributed by atoms with Gasteiger partial charge < -0.3 is 4.90 Å². The number of benzene rings is 2. The zero-order valence-electron chi connectivity index (χ0n) is 18.9. The van der Waals surface area contributed by atoms with Crippen LogP contribution in [0.3, 0.4) is 0 Å². The van der Waals surface area contributed by atoms with E-state index in [0.717, 1.165) is 33.1 Å². The molecule has 0 bridgehead atoms. The van der Waals surface area contributed by atoms with Gasteiger partial charge in [-0.2, -0.15) is 0 Å². The van der Waals surface area contributed by atoms with Crippen molar-refractivity contribution in [3.8, 4) is 11.3 Å². The number of hydrogen-bond donors (Lipinski definition) is 0. The standard InChI is InChI=1S/C25H30N2O2S2/c1-16-12-19(4)24(20(5)13-16)31(28,29)22-8-10-27(11-9-22)25-26-23(15-30-25)21-7-6-17(2)18(3)14-21/h6-7,12-15,22H,8-11H2,1-5H3. The molecule has 1 aliphatic heterocycles. The molecule has 0 amide bonds. The molecule has 2 aromatic carbocycles. The van der Waals surface area contributed by atoms with Gasteiger partial charge in [-0.1, -0.05) is 29.8 Å². The van der Waals surface area contributed by atoms with Gasteiger partial charge in [0.25, 0.3) is 0 Å². The maximum Gasteiger partial charge on any atom is 0.185 e. The van der Waals surface area contributed by atoms with E-state index < -0.39 is 9.84 Å². The second kappa shape index (κ2) is 8.40. The molecule has 1 aliphatic rings. The summed E-state index contributed by atoms with van der Waals surface area (Å²) in [6, 6.07) is 10.4. The zero-order chi connectivity index (χ0) is 22.3. The summed E-state index contributed by atoms with van der Waals surface area (Å²) in [6.45, 7) is 11.5. The van der Waals surface area contributed by atoms with E-state index in [9.17, 15) is 8.42 Å². The Bertz CT molecular complexity index is 1200. The molecular formula is C25H30N2O2S2. The predicted octanol–water partition coefficient (Wildman–Crippen LogP) is 5.79. The lowest BCUT2D eigenvalue weighted by molar-refractivity contribution is 0.528. The van der Waals surface area contributed by atoms with Crippen LogP contribution in [0, 0.1) is 34.6 Å². The smallest absolute Gasteiger partial charge is 0.185 e. The Morgan fingerprint density at radius 1 is 0.903 bits per heavy atom. The number of aryl methyl sites for hydroxylation is 5. The predicted molar refractivity (Wildman–Crippen MR) is 130 cm³/mol. The topological polar surface area (TPSA) is 50.3 Å². The summed E-state index contributed by atoms with van der Waals surface area (Å²) in [4.78, 5) is 7.62. The van der Waals surface area contributed by atoms with Crippen LogP contribution in [-0.4, -0.2) is 31.7 Å². The fourth-order valence-corrected chi connectivity index (χ4v) is 7.65. The van der Waals surface area contributed by atoms with Crippen molar-refractivity contribution in [2.75, 3.05) is 18.0 Å². The second-order valence-corrected chi connectivity index (χ2v) is 11.8. The van der Waals surface area contributed by atoms with Crippen molar-refractivity contribution in [3.63, 3.8) is 0 Å². The van der Waals surface area contributed by atoms with Crippen LogP contribution in [-0.2, 0) is 9.84 Å². The van der Waals surface area contributed by atoms with E-state index in [0.29, 0.717) is 30.8 Å². The molecule has 0 N–H and O–H groups in total. The molecule has 0 radical (unpaired) electrons. The third kappa shape index (κ3) is 4.28. The van der Waals surface area contributed by atoms with Crippen LogP contribution in [0.1, 0.15) is 40.7 Å². The Morgan fingerprint density at radius 2 is 1.55 bits per heavy atom. The summed E-state index contributed by atoms with van der Waals surface area (Å²) < 4.78 is 26.8. The minimum atomic E-state index is -3.34. The maximum absolute atomic E-state index is 13.4. The molecule has 1 fully saturated rings. The van der Waals surface area contributed by atoms with E-state index >= 15 is 0 Å². The molecule has 0 atom stereocenters. The Hall–Kier alpha value is -2.18. The molecule has 0 saturated carbocycles. The van der Waals surface area contributed by atoms with Gasteiger partial charge in [0, 0.05) is 24.0 Å². The fourth-order valence-electron chi connectivity index (χ4n) is 4.58. The Kier molecular flexibility index (Phi) is 5.97. The highest BCUT2D eigenvalue weighted by Crippen LogP contribution is 2.34. The van der Waals surface area contributed by atoms with Crippen molar-refractivity contribution in [1.82, 2.24) is 4.98 Å². The van der Waals surface area contributed by atoms with E-state index in [1.54, 1.807) is 11.3 Å². The van der Waals surface area contributed by atoms with Crippen LogP contribution >= 0.6 is 11.3 Å². The highest BCUT2D eigenvalue weighted by Gasteiger charge is 2.34. The van der Waals surface area contributed by atoms with Crippen LogP contribution in [0.15, 0.2) is 40.6 Å². The average Bonchev–Trinajstić information content (AvgIpc) is 3.19. The van der Waals surface area contributed by atoms with E-state index in [-0.39, 0.29) is 5.25 Å². The lowest BCUT2D eigenvalue weighted by atomic mass is 10.1. The number of rotatable bonds is 4. The molecule has 2 heterocycles. The first kappa shape index (κ1) is 22.0. The minimum Gasteiger partial charge on any atom is -0.348 e. The molecule has 0 spiro atoms. The SMILES string of the molecule is Cc1cc(C)c(S(=O)(=O)C2CCN(c3nc(-c4ccc(C)c(C)c4)cs3)CC2)c(C)c1. The Labute approximate surface area is 189 Å². The number of sulfone groups is 1. The number of aromatic nitrogens is 1. The maximum atomic E-state index is 13.4. The average molecular weight is 455 g/mol. The van der Waals surface area contributed by atoms with E-state index in [4.69, 9.17) is 4.98 Å². The van der Waals surface area contributed by atoms with E-state index in [1.807, 2.05) is 32.9 Å². The summed E-state index contributed by atoms with van der Waals surface area (Å²) in [6.07, 6.45) is 1.27. The number of nitrogens with zero attached hydrogens (tertiary/aromatic N) is 2. The fraction of sp³-hybridized carbons (Fsp3) is 0.400. The van der Waals surface area contributed by atoms with Gasteiger partial charge in [0.2, 0.25) is 0 Å². The van der Waals surface area contributed by atoms with Crippen molar-refractivity contribution in [1.29, 1.82) is 0 Å². The zero-order valence-corrected chi connectivity index (χ0v) is 20.5. The molecule has 31 heavy (non-hydrogen) atoms. The third-order valence-electron chi connectivity index (χ3n) is 6.34. The lowest BCUT2D eigenvalue weighted by Crippen LogP contribution is -2.39. The van der Waals surface area contributed by atoms with Crippen molar-refractivity contribution >= 4 is 26.3 Å². The van der Waals surface area contributed by atoms with Gasteiger partial charge in [-0.15, -0.1) is 11.3 Å². The Morgan fingerprint density at radius 3 is 2.16 bits per heavy atom. The molecule has 4 nitrogen and oxygen atoms in total. The van der Waals surface area contributed by atoms with E-state index in [2.05, 4.69) is 42.3 Å². The first-order valence-corrected chi connectivity index (χ1v) is 13.2. The van der Waals surface area contributed by atoms with Gasteiger partial charge in [-0.3, -0.25) is 0 Å². The van der Waals surface area contributed by atoms with Crippen molar-refractivity contribution in [2.45, 2.75) is 57.6 Å². The van der Waals surface area contributed by atoms with Crippen LogP contribution < -0.4 is 4.90 Å². The summed E-state index contributed by atoms with van der Waals surface area (Å²) in [5.74, 6) is 0. The minimum absolute atomic E-state index is 0.331. The first-order valence-electron chi connectivity index (χ1n) is 10.8. The van der Waals surface area contributed by atoms with Gasteiger partial charge >= 0.3 is 0 Å². The highest BCUT2D eigenvalue weighted by molar-refractivity contribution is 7.92. The van der Waals surface area contributed by atoms with Gasteiger partial charge in [-0.05, 0) is 75.8 Å². The molecule has 3 aromatic rings. The largest absolute Gasteiger partial charge is 0.348 e. The third-order valence-corrected chi connectivity index (χ3v) is 9.80. The summed E-state index contributed by atoms with van der Waals surface area (Å²) in [5.41, 5.74) is 7.49. The lowest BCUT2D eigenvalue weighted by Gasteiger charge is -2.32. The van der Waals surface area contributed by atoms with Crippen LogP contribution in [0.4, 0.5) is 5.13 Å². The molecular weight excluding hydrogens is 424 g/mol. The normalized spacial score (nSPS) is 15.5. The van der Waals surface area contributed by atoms with Crippen molar-refractivity contribution in [2.24, 2.45) is 0 Å². The van der Waals surface area contributed by atoms with Gasteiger partial charge in [0.15, 0.2) is 15.0 Å². The van der Waals surface area contributed by atoms with Crippen LogP contribution in [0.25, 0.3) is 11.3 Å². The van der Waals surface area contributed by atoms with Crippen LogP contribution in [0.2, 0.25) is 0 Å². The summed E-state index contributed by atoms with van der Waals surface area (Å²) in [7, 11) is -3.34. The molecule has 6 heteroatoms. The number of piperidine rings is 1. The molecule has 1 saturated heterocycles. The molecule has 4 rings (SSSR count).